The molecule has 1 aliphatic rings. The quantitative estimate of drug-likeness (QED) is 0.0953. The van der Waals surface area contributed by atoms with Crippen LogP contribution in [-0.4, -0.2) is 6.21 Å². The second kappa shape index (κ2) is 28.0. The first-order chi connectivity index (χ1) is 30.3. The molecule has 1 aliphatic carbocycles. The normalized spacial score (nSPS) is 11.3. The van der Waals surface area contributed by atoms with Gasteiger partial charge in [0.2, 0.25) is 0 Å². The molecule has 0 fully saturated rings. The summed E-state index contributed by atoms with van der Waals surface area (Å²) in [6.45, 7) is 18.6. The lowest BCUT2D eigenvalue weighted by Gasteiger charge is -2.29. The Kier molecular flexibility index (Phi) is 22.5. The summed E-state index contributed by atoms with van der Waals surface area (Å²) in [6.07, 6.45) is 15.3. The highest BCUT2D eigenvalue weighted by Gasteiger charge is 2.17. The van der Waals surface area contributed by atoms with Crippen molar-refractivity contribution in [2.75, 3.05) is 15.5 Å². The molecule has 0 radical (unpaired) electrons. The van der Waals surface area contributed by atoms with Crippen LogP contribution >= 0.6 is 0 Å². The van der Waals surface area contributed by atoms with Crippen LogP contribution in [0.3, 0.4) is 0 Å². The summed E-state index contributed by atoms with van der Waals surface area (Å²) >= 11 is 0. The Hall–Kier alpha value is -6.59. The van der Waals surface area contributed by atoms with Crippen molar-refractivity contribution in [1.82, 2.24) is 0 Å². The van der Waals surface area contributed by atoms with Crippen molar-refractivity contribution in [3.63, 3.8) is 0 Å². The maximum Gasteiger partial charge on any atom is 0.127 e. The lowest BCUT2D eigenvalue weighted by Crippen LogP contribution is -2.17. The number of nitrogen functional groups attached to an aromatic ring is 1. The molecule has 7 rings (SSSR count). The highest BCUT2D eigenvalue weighted by Crippen LogP contribution is 2.38. The minimum Gasteiger partial charge on any atom is -0.457 e. The molecule has 0 saturated carbocycles. The third-order valence-electron chi connectivity index (χ3n) is 9.39. The molecule has 6 aromatic rings. The Morgan fingerprint density at radius 3 is 1.50 bits per heavy atom. The lowest BCUT2D eigenvalue weighted by atomic mass is 10.0. The summed E-state index contributed by atoms with van der Waals surface area (Å²) in [4.78, 5) is 4.63. The molecule has 0 amide bonds. The van der Waals surface area contributed by atoms with E-state index in [1.165, 1.54) is 47.0 Å². The number of nitrogens with one attached hydrogen (secondary N) is 1. The summed E-state index contributed by atoms with van der Waals surface area (Å²) < 4.78 is 6.06. The number of hydrogen-bond donors (Lipinski definition) is 2. The first kappa shape index (κ1) is 49.8. The molecule has 0 heterocycles. The Labute approximate surface area is 374 Å². The van der Waals surface area contributed by atoms with Crippen LogP contribution in [-0.2, 0) is 0 Å². The number of rotatable bonds is 12. The molecule has 5 nitrogen and oxygen atoms in total. The predicted molar refractivity (Wildman–Crippen MR) is 273 cm³/mol. The van der Waals surface area contributed by atoms with E-state index < -0.39 is 0 Å². The minimum atomic E-state index is 0.717. The topological polar surface area (TPSA) is 65.6 Å². The summed E-state index contributed by atoms with van der Waals surface area (Å²) in [7, 11) is 0. The largest absolute Gasteiger partial charge is 0.457 e. The average molecular weight is 827 g/mol. The van der Waals surface area contributed by atoms with Gasteiger partial charge >= 0.3 is 0 Å². The zero-order valence-corrected chi connectivity index (χ0v) is 38.7. The number of nitrogens with two attached hydrogens (primary N) is 1. The fourth-order valence-corrected chi connectivity index (χ4v) is 6.54. The van der Waals surface area contributed by atoms with Gasteiger partial charge in [0.05, 0.1) is 0 Å². The second-order valence-corrected chi connectivity index (χ2v) is 14.4. The smallest absolute Gasteiger partial charge is 0.127 e. The van der Waals surface area contributed by atoms with Crippen LogP contribution in [0, 0.1) is 12.3 Å². The Balaban J connectivity index is 0.000000597. The van der Waals surface area contributed by atoms with Crippen molar-refractivity contribution >= 4 is 40.3 Å². The van der Waals surface area contributed by atoms with E-state index in [1.807, 2.05) is 70.2 Å². The van der Waals surface area contributed by atoms with Gasteiger partial charge in [-0.3, -0.25) is 0 Å². The van der Waals surface area contributed by atoms with Gasteiger partial charge in [-0.2, -0.15) is 0 Å². The Morgan fingerprint density at radius 2 is 1.05 bits per heavy atom. The van der Waals surface area contributed by atoms with E-state index in [9.17, 15) is 0 Å². The number of para-hydroxylation sites is 1. The third-order valence-corrected chi connectivity index (χ3v) is 9.39. The first-order valence-corrected chi connectivity index (χ1v) is 22.4. The second-order valence-electron chi connectivity index (χ2n) is 14.4. The van der Waals surface area contributed by atoms with Crippen molar-refractivity contribution in [1.29, 1.82) is 5.41 Å². The number of allylic oxidation sites excluding steroid dienone is 6. The lowest BCUT2D eigenvalue weighted by molar-refractivity contribution is 0.483. The maximum atomic E-state index is 6.71. The number of ether oxygens (including phenoxy) is 1. The van der Waals surface area contributed by atoms with E-state index in [0.717, 1.165) is 59.2 Å². The zero-order valence-electron chi connectivity index (χ0n) is 38.7. The monoisotopic (exact) mass is 827 g/mol. The SMILES string of the molecule is CC.CC.CCC.CCC/C(C)=C/C=N.Cc1ccc(N(c2ccccc2)c2ccc(-c3ccc(N(C4=CC=CCC4)c4ccc(Oc5ccc(N)cc5)cc4)cc3)cc2)cc1. The van der Waals surface area contributed by atoms with Gasteiger partial charge in [0.1, 0.15) is 11.5 Å². The predicted octanol–water partition coefficient (Wildman–Crippen LogP) is 17.7. The number of nitrogens with zero attached hydrogens (tertiary/aromatic N) is 2. The molecule has 6 aromatic carbocycles. The molecular weight excluding hydrogens is 757 g/mol. The van der Waals surface area contributed by atoms with Crippen molar-refractivity contribution in [3.05, 3.63) is 193 Å². The van der Waals surface area contributed by atoms with E-state index >= 15 is 0 Å². The van der Waals surface area contributed by atoms with Crippen LogP contribution in [0.5, 0.6) is 11.5 Å². The van der Waals surface area contributed by atoms with Crippen molar-refractivity contribution < 1.29 is 4.74 Å². The molecule has 0 saturated heterocycles. The van der Waals surface area contributed by atoms with Crippen molar-refractivity contribution in [2.45, 2.75) is 94.4 Å². The fraction of sp³-hybridized carbons (Fsp3) is 0.246. The van der Waals surface area contributed by atoms with Gasteiger partial charge < -0.3 is 25.7 Å². The molecule has 0 aliphatic heterocycles. The molecule has 0 spiro atoms. The highest BCUT2D eigenvalue weighted by atomic mass is 16.5. The fourth-order valence-electron chi connectivity index (χ4n) is 6.54. The average Bonchev–Trinajstić information content (AvgIpc) is 3.32. The first-order valence-electron chi connectivity index (χ1n) is 22.4. The van der Waals surface area contributed by atoms with E-state index in [2.05, 4.69) is 178 Å². The summed E-state index contributed by atoms with van der Waals surface area (Å²) in [5.41, 5.74) is 18.3. The van der Waals surface area contributed by atoms with Gasteiger partial charge in [0.15, 0.2) is 0 Å². The number of hydrogen-bond acceptors (Lipinski definition) is 5. The Morgan fingerprint density at radius 1 is 0.613 bits per heavy atom. The number of anilines is 6. The van der Waals surface area contributed by atoms with E-state index in [-0.39, 0.29) is 0 Å². The third kappa shape index (κ3) is 15.5. The molecule has 3 N–H and O–H groups in total. The molecular formula is C57H70N4O. The molecule has 0 bridgehead atoms. The van der Waals surface area contributed by atoms with Crippen LogP contribution in [0.25, 0.3) is 11.1 Å². The van der Waals surface area contributed by atoms with Crippen molar-refractivity contribution in [2.24, 2.45) is 0 Å². The molecule has 62 heavy (non-hydrogen) atoms. The van der Waals surface area contributed by atoms with Gasteiger partial charge in [-0.1, -0.05) is 139 Å². The Bertz CT molecular complexity index is 2220. The summed E-state index contributed by atoms with van der Waals surface area (Å²) in [5, 5.41) is 6.71. The molecule has 0 atom stereocenters. The molecule has 0 unspecified atom stereocenters. The maximum absolute atomic E-state index is 6.71. The number of aryl methyl sites for hydroxylation is 1. The molecule has 5 heteroatoms. The van der Waals surface area contributed by atoms with Gasteiger partial charge in [-0.15, -0.1) is 0 Å². The summed E-state index contributed by atoms with van der Waals surface area (Å²) in [5.74, 6) is 1.54. The van der Waals surface area contributed by atoms with Crippen LogP contribution in [0.4, 0.5) is 34.1 Å². The van der Waals surface area contributed by atoms with Gasteiger partial charge in [0, 0.05) is 46.0 Å². The molecule has 0 aromatic heterocycles. The van der Waals surface area contributed by atoms with E-state index in [0.29, 0.717) is 5.69 Å². The molecule has 324 valence electrons. The number of benzene rings is 6. The standard InChI is InChI=1S/C43H37N3O.C7H13N.C3H8.2C2H6/c1-32-12-20-38(21-13-32)45(36-8-4-2-5-9-36)39-22-14-33(15-23-39)34-16-24-40(25-17-34)46(37-10-6-3-7-11-37)41-26-30-43(31-27-41)47-42-28-18-35(44)19-29-42;1-3-4-7(2)5-6-8;1-3-2;2*1-2/h2-6,8-10,12-31H,7,11,44H2,1H3;5-6,8H,3-4H2,1-2H3;3H2,1-2H3;2*1-2H3/b;7-5+,8-6?;;;. The van der Waals surface area contributed by atoms with E-state index in [4.69, 9.17) is 15.9 Å². The minimum absolute atomic E-state index is 0.717. The van der Waals surface area contributed by atoms with E-state index in [1.54, 1.807) is 0 Å². The zero-order chi connectivity index (χ0) is 45.1. The van der Waals surface area contributed by atoms with Crippen LogP contribution in [0.1, 0.15) is 93.1 Å². The van der Waals surface area contributed by atoms with Crippen LogP contribution in [0.2, 0.25) is 0 Å². The van der Waals surface area contributed by atoms with Crippen molar-refractivity contribution in [3.8, 4) is 22.6 Å². The van der Waals surface area contributed by atoms with Gasteiger partial charge in [0.25, 0.3) is 0 Å². The van der Waals surface area contributed by atoms with Crippen LogP contribution in [0.15, 0.2) is 187 Å². The van der Waals surface area contributed by atoms with Gasteiger partial charge in [-0.05, 0) is 153 Å². The van der Waals surface area contributed by atoms with Gasteiger partial charge in [-0.25, -0.2) is 0 Å². The van der Waals surface area contributed by atoms with Crippen LogP contribution < -0.4 is 20.3 Å². The summed E-state index contributed by atoms with van der Waals surface area (Å²) in [6, 6.07) is 52.6. The highest BCUT2D eigenvalue weighted by molar-refractivity contribution is 5.79.